The highest BCUT2D eigenvalue weighted by Gasteiger charge is 2.38. The van der Waals surface area contributed by atoms with E-state index in [0.717, 1.165) is 0 Å². The van der Waals surface area contributed by atoms with Crippen LogP contribution in [0.2, 0.25) is 18.1 Å². The molecule has 0 spiro atoms. The summed E-state index contributed by atoms with van der Waals surface area (Å²) in [5, 5.41) is 20.3. The number of aliphatic hydroxyl groups excluding tert-OH is 1. The first-order valence-electron chi connectivity index (χ1n) is 13.9. The number of alkyl halides is 2. The van der Waals surface area contributed by atoms with Gasteiger partial charge in [-0.3, -0.25) is 4.40 Å². The van der Waals surface area contributed by atoms with E-state index in [9.17, 15) is 23.8 Å². The third-order valence-corrected chi connectivity index (χ3v) is 14.4. The number of carboxylic acid groups (broad SMARTS) is 1. The molecule has 0 saturated carbocycles. The lowest BCUT2D eigenvalue weighted by atomic mass is 10.1. The number of nitrogens with zero attached hydrogens (tertiary/aromatic N) is 3. The Morgan fingerprint density at radius 3 is 2.44 bits per heavy atom. The van der Waals surface area contributed by atoms with E-state index in [0.29, 0.717) is 38.8 Å². The fourth-order valence-corrected chi connectivity index (χ4v) is 7.16. The van der Waals surface area contributed by atoms with E-state index in [-0.39, 0.29) is 34.8 Å². The van der Waals surface area contributed by atoms with E-state index in [1.807, 2.05) is 6.92 Å². The Morgan fingerprint density at radius 2 is 1.84 bits per heavy atom. The number of fused-ring (bicyclic) bond motifs is 1. The lowest BCUT2D eigenvalue weighted by Crippen LogP contribution is -2.40. The van der Waals surface area contributed by atoms with Crippen molar-refractivity contribution in [3.8, 4) is 22.3 Å². The topological polar surface area (TPSA) is 115 Å². The number of imidazole rings is 1. The number of aliphatic hydroxyl groups is 1. The van der Waals surface area contributed by atoms with Gasteiger partial charge in [-0.2, -0.15) is 13.8 Å². The monoisotopic (exact) mass is 634 g/mol. The first-order chi connectivity index (χ1) is 20.2. The Kier molecular flexibility index (Phi) is 9.59. The van der Waals surface area contributed by atoms with E-state index in [1.165, 1.54) is 6.07 Å². The molecule has 9 nitrogen and oxygen atoms in total. The summed E-state index contributed by atoms with van der Waals surface area (Å²) in [5.74, 6) is -0.914. The molecule has 0 radical (unpaired) electrons. The van der Waals surface area contributed by atoms with Gasteiger partial charge in [0.1, 0.15) is 28.9 Å². The van der Waals surface area contributed by atoms with Crippen LogP contribution in [0.3, 0.4) is 0 Å². The molecule has 13 heteroatoms. The quantitative estimate of drug-likeness (QED) is 0.121. The molecule has 2 N–H and O–H groups in total. The van der Waals surface area contributed by atoms with Crippen LogP contribution in [0.5, 0.6) is 11.6 Å². The number of pyridine rings is 1. The van der Waals surface area contributed by atoms with Crippen molar-refractivity contribution in [2.45, 2.75) is 84.4 Å². The zero-order valence-corrected chi connectivity index (χ0v) is 27.2. The number of ether oxygens (including phenoxy) is 2. The second-order valence-electron chi connectivity index (χ2n) is 11.7. The van der Waals surface area contributed by atoms with Crippen LogP contribution in [0.15, 0.2) is 42.7 Å². The number of carboxylic acids is 1. The number of thiazole rings is 1. The van der Waals surface area contributed by atoms with Crippen molar-refractivity contribution in [2.24, 2.45) is 0 Å². The minimum Gasteiger partial charge on any atom is -0.474 e. The molecule has 2 atom stereocenters. The third-order valence-electron chi connectivity index (χ3n) is 7.75. The molecule has 0 aliphatic rings. The number of aromatic carboxylic acids is 1. The van der Waals surface area contributed by atoms with Gasteiger partial charge in [0.05, 0.1) is 19.4 Å². The summed E-state index contributed by atoms with van der Waals surface area (Å²) in [6, 6.07) is 8.42. The van der Waals surface area contributed by atoms with Gasteiger partial charge >= 0.3 is 17.5 Å². The molecule has 4 rings (SSSR count). The average molecular weight is 635 g/mol. The summed E-state index contributed by atoms with van der Waals surface area (Å²) in [7, 11) is -3.04. The smallest absolute Gasteiger partial charge is 0.395 e. The molecule has 0 saturated heterocycles. The summed E-state index contributed by atoms with van der Waals surface area (Å²) < 4.78 is 45.9. The van der Waals surface area contributed by atoms with Crippen molar-refractivity contribution in [1.82, 2.24) is 14.4 Å². The molecule has 4 aromatic rings. The van der Waals surface area contributed by atoms with Crippen LogP contribution in [0.1, 0.15) is 67.1 Å². The van der Waals surface area contributed by atoms with Gasteiger partial charge in [0, 0.05) is 22.2 Å². The Bertz CT molecular complexity index is 1620. The standard InChI is InChI=1S/C30H37F2N3O6SSi/c1-8-42-25(28(37)38)26(34-27(42)22-14-33-24-12-10-20(16-36)15-35(22)24)40-18(2)21-11-9-19(13-23(21)41-29(31)32)17-39-43(6,7)30(3,4)5/h9-15,18,29,36H,8,16-17H2,1-7H3/p+1/t18-,42?/m1/s1. The number of hydrogen-bond acceptors (Lipinski definition) is 7. The molecule has 0 bridgehead atoms. The van der Waals surface area contributed by atoms with Crippen molar-refractivity contribution >= 4 is 30.4 Å². The summed E-state index contributed by atoms with van der Waals surface area (Å²) >= 11 is 0. The summed E-state index contributed by atoms with van der Waals surface area (Å²) in [6.45, 7) is 11.1. The van der Waals surface area contributed by atoms with Crippen molar-refractivity contribution in [3.63, 3.8) is 0 Å². The summed E-state index contributed by atoms with van der Waals surface area (Å²) in [6.07, 6.45) is 2.46. The molecule has 0 aliphatic heterocycles. The van der Waals surface area contributed by atoms with E-state index in [4.69, 9.17) is 13.9 Å². The molecule has 43 heavy (non-hydrogen) atoms. The van der Waals surface area contributed by atoms with Crippen molar-refractivity contribution in [2.75, 3.05) is 0 Å². The van der Waals surface area contributed by atoms with E-state index in [2.05, 4.69) is 43.8 Å². The third kappa shape index (κ3) is 6.90. The molecule has 1 unspecified atom stereocenters. The van der Waals surface area contributed by atoms with Gasteiger partial charge in [-0.25, -0.2) is 9.78 Å². The maximum atomic E-state index is 13.5. The molecule has 232 valence electrons. The average Bonchev–Trinajstić information content (AvgIpc) is 3.51. The fraction of sp³-hybridized carbons (Fsp3) is 0.433. The Balaban J connectivity index is 1.70. The van der Waals surface area contributed by atoms with Gasteiger partial charge in [-0.05, 0) is 55.2 Å². The molecular formula is C30H38F2N3O6SSi+. The van der Waals surface area contributed by atoms with Crippen LogP contribution < -0.4 is 9.47 Å². The highest BCUT2D eigenvalue weighted by Crippen LogP contribution is 2.45. The van der Waals surface area contributed by atoms with E-state index >= 15 is 0 Å². The molecule has 1 aromatic carbocycles. The van der Waals surface area contributed by atoms with Crippen molar-refractivity contribution in [3.05, 3.63) is 64.3 Å². The number of carbonyl (C=O) groups is 1. The molecular weight excluding hydrogens is 596 g/mol. The van der Waals surface area contributed by atoms with Gasteiger partial charge in [-0.15, -0.1) is 0 Å². The first kappa shape index (κ1) is 32.5. The zero-order chi connectivity index (χ0) is 31.7. The Morgan fingerprint density at radius 1 is 1.14 bits per heavy atom. The normalized spacial score (nSPS) is 13.5. The predicted molar refractivity (Wildman–Crippen MR) is 164 cm³/mol. The van der Waals surface area contributed by atoms with E-state index in [1.54, 1.807) is 48.0 Å². The highest BCUT2D eigenvalue weighted by atomic mass is 32.2. The summed E-state index contributed by atoms with van der Waals surface area (Å²) in [5.41, 5.74) is 2.83. The van der Waals surface area contributed by atoms with Crippen LogP contribution in [0.25, 0.3) is 16.3 Å². The van der Waals surface area contributed by atoms with Crippen LogP contribution in [-0.2, 0) is 23.4 Å². The number of aromatic nitrogens is 3. The zero-order valence-electron chi connectivity index (χ0n) is 25.4. The first-order valence-corrected chi connectivity index (χ1v) is 18.2. The molecule has 0 fully saturated rings. The number of benzene rings is 1. The van der Waals surface area contributed by atoms with Gasteiger partial charge < -0.3 is 24.1 Å². The van der Waals surface area contributed by atoms with Crippen LogP contribution >= 0.6 is 10.5 Å². The van der Waals surface area contributed by atoms with Crippen molar-refractivity contribution in [1.29, 1.82) is 0 Å². The van der Waals surface area contributed by atoms with Crippen LogP contribution in [-0.4, -0.2) is 45.5 Å². The second-order valence-corrected chi connectivity index (χ2v) is 18.6. The minimum atomic E-state index is -3.07. The van der Waals surface area contributed by atoms with Crippen molar-refractivity contribution < 1.29 is 37.7 Å². The SMILES string of the molecule is CC[s+]1c(-c2cnc3ccc(CO)cn23)nc(O[C@H](C)c2ccc(CO[Si](C)(C)C(C)(C)C)cc2OC(F)F)c1C(=O)O. The van der Waals surface area contributed by atoms with Gasteiger partial charge in [0.25, 0.3) is 10.9 Å². The van der Waals surface area contributed by atoms with E-state index < -0.39 is 37.5 Å². The number of halogens is 2. The molecule has 0 aliphatic carbocycles. The summed E-state index contributed by atoms with van der Waals surface area (Å²) in [4.78, 5) is 21.5. The largest absolute Gasteiger partial charge is 0.474 e. The number of hydrogen-bond donors (Lipinski definition) is 2. The minimum absolute atomic E-state index is 0.00617. The maximum Gasteiger partial charge on any atom is 0.395 e. The number of rotatable bonds is 12. The van der Waals surface area contributed by atoms with Gasteiger partial charge in [-0.1, -0.05) is 39.0 Å². The second kappa shape index (κ2) is 12.7. The highest BCUT2D eigenvalue weighted by molar-refractivity contribution is 7.35. The fourth-order valence-electron chi connectivity index (χ4n) is 4.33. The Hall–Kier alpha value is -3.39. The molecule has 0 amide bonds. The lowest BCUT2D eigenvalue weighted by Gasteiger charge is -2.36. The Labute approximate surface area is 253 Å². The maximum absolute atomic E-state index is 13.5. The van der Waals surface area contributed by atoms with Gasteiger partial charge in [0.15, 0.2) is 8.32 Å². The van der Waals surface area contributed by atoms with Gasteiger partial charge in [0.2, 0.25) is 0 Å². The lowest BCUT2D eigenvalue weighted by molar-refractivity contribution is -0.0513. The molecule has 3 heterocycles. The van der Waals surface area contributed by atoms with Crippen LogP contribution in [0.4, 0.5) is 8.78 Å². The molecule has 3 aromatic heterocycles. The predicted octanol–water partition coefficient (Wildman–Crippen LogP) is 7.62. The van der Waals surface area contributed by atoms with Crippen LogP contribution in [0, 0.1) is 0 Å².